The van der Waals surface area contributed by atoms with Gasteiger partial charge in [-0.2, -0.15) is 0 Å². The molecule has 0 amide bonds. The Morgan fingerprint density at radius 3 is 2.64 bits per heavy atom. The minimum absolute atomic E-state index is 0.0448. The van der Waals surface area contributed by atoms with Gasteiger partial charge in [0.25, 0.3) is 6.43 Å². The third-order valence-corrected chi connectivity index (χ3v) is 3.18. The van der Waals surface area contributed by atoms with Crippen LogP contribution >= 0.6 is 31.9 Å². The molecule has 0 N–H and O–H groups in total. The number of rotatable bonds is 3. The van der Waals surface area contributed by atoms with Crippen molar-refractivity contribution in [2.45, 2.75) is 11.8 Å². The van der Waals surface area contributed by atoms with E-state index in [1.165, 1.54) is 13.3 Å². The molecule has 1 heterocycles. The molecule has 0 aliphatic rings. The van der Waals surface area contributed by atoms with E-state index >= 15 is 0 Å². The van der Waals surface area contributed by atoms with E-state index in [1.54, 1.807) is 0 Å². The highest BCUT2D eigenvalue weighted by Crippen LogP contribution is 2.36. The maximum Gasteiger partial charge on any atom is 0.270 e. The summed E-state index contributed by atoms with van der Waals surface area (Å²) in [4.78, 5) is 3.79. The van der Waals surface area contributed by atoms with Crippen LogP contribution in [0.2, 0.25) is 0 Å². The molecule has 1 rings (SSSR count). The molecule has 78 valence electrons. The molecule has 0 saturated carbocycles. The fourth-order valence-electron chi connectivity index (χ4n) is 0.975. The number of methoxy groups -OCH3 is 1. The fourth-order valence-corrected chi connectivity index (χ4v) is 2.36. The van der Waals surface area contributed by atoms with Crippen molar-refractivity contribution in [1.82, 2.24) is 4.98 Å². The van der Waals surface area contributed by atoms with Crippen molar-refractivity contribution in [1.29, 1.82) is 0 Å². The van der Waals surface area contributed by atoms with Crippen molar-refractivity contribution in [3.05, 3.63) is 21.8 Å². The molecule has 0 spiro atoms. The van der Waals surface area contributed by atoms with Crippen LogP contribution < -0.4 is 4.74 Å². The summed E-state index contributed by atoms with van der Waals surface area (Å²) < 4.78 is 30.3. The van der Waals surface area contributed by atoms with Gasteiger partial charge in [0.15, 0.2) is 0 Å². The van der Waals surface area contributed by atoms with Gasteiger partial charge in [-0.25, -0.2) is 13.8 Å². The van der Waals surface area contributed by atoms with Crippen molar-refractivity contribution >= 4 is 31.9 Å². The Kier molecular flexibility index (Phi) is 4.25. The Morgan fingerprint density at radius 1 is 1.57 bits per heavy atom. The number of halogens is 4. The topological polar surface area (TPSA) is 22.1 Å². The Bertz CT molecular complexity index is 333. The zero-order valence-electron chi connectivity index (χ0n) is 7.23. The summed E-state index contributed by atoms with van der Waals surface area (Å²) in [7, 11) is 1.31. The molecule has 0 bridgehead atoms. The third-order valence-electron chi connectivity index (χ3n) is 1.64. The summed E-state index contributed by atoms with van der Waals surface area (Å²) in [5, 5.41) is 0.463. The van der Waals surface area contributed by atoms with E-state index in [9.17, 15) is 8.78 Å². The van der Waals surface area contributed by atoms with Gasteiger partial charge in [0.2, 0.25) is 5.88 Å². The van der Waals surface area contributed by atoms with Crippen LogP contribution in [0.3, 0.4) is 0 Å². The second kappa shape index (κ2) is 5.02. The van der Waals surface area contributed by atoms with Crippen LogP contribution in [0.4, 0.5) is 8.78 Å². The number of aromatic nitrogens is 1. The lowest BCUT2D eigenvalue weighted by molar-refractivity contribution is 0.145. The molecule has 14 heavy (non-hydrogen) atoms. The molecule has 0 unspecified atom stereocenters. The van der Waals surface area contributed by atoms with E-state index in [2.05, 4.69) is 36.8 Å². The van der Waals surface area contributed by atoms with Crippen molar-refractivity contribution < 1.29 is 13.5 Å². The molecular weight excluding hydrogens is 324 g/mol. The normalized spacial score (nSPS) is 10.7. The van der Waals surface area contributed by atoms with Crippen molar-refractivity contribution in [2.75, 3.05) is 7.11 Å². The first-order valence-corrected chi connectivity index (χ1v) is 5.58. The monoisotopic (exact) mass is 329 g/mol. The second-order valence-corrected chi connectivity index (χ2v) is 3.81. The maximum atomic E-state index is 12.6. The summed E-state index contributed by atoms with van der Waals surface area (Å²) >= 11 is 6.29. The van der Waals surface area contributed by atoms with Crippen LogP contribution in [0, 0.1) is 0 Å². The second-order valence-electron chi connectivity index (χ2n) is 2.45. The van der Waals surface area contributed by atoms with Gasteiger partial charge < -0.3 is 4.74 Å². The van der Waals surface area contributed by atoms with Gasteiger partial charge in [0.1, 0.15) is 0 Å². The molecule has 2 nitrogen and oxygen atoms in total. The molecule has 0 aliphatic carbocycles. The number of hydrogen-bond donors (Lipinski definition) is 0. The Hall–Kier alpha value is -0.230. The molecule has 1 aromatic rings. The van der Waals surface area contributed by atoms with Crippen LogP contribution in [0.1, 0.15) is 17.6 Å². The Balaban J connectivity index is 3.31. The van der Waals surface area contributed by atoms with E-state index in [1.807, 2.05) is 0 Å². The van der Waals surface area contributed by atoms with E-state index in [0.29, 0.717) is 15.4 Å². The van der Waals surface area contributed by atoms with Crippen molar-refractivity contribution in [2.24, 2.45) is 0 Å². The predicted molar refractivity (Wildman–Crippen MR) is 56.1 cm³/mol. The van der Waals surface area contributed by atoms with Crippen LogP contribution in [-0.2, 0) is 5.33 Å². The Morgan fingerprint density at radius 2 is 2.21 bits per heavy atom. The highest BCUT2D eigenvalue weighted by Gasteiger charge is 2.21. The number of alkyl halides is 3. The van der Waals surface area contributed by atoms with Gasteiger partial charge in [-0.3, -0.25) is 0 Å². The molecular formula is C8H7Br2F2NO. The average Bonchev–Trinajstić information content (AvgIpc) is 2.16. The summed E-state index contributed by atoms with van der Waals surface area (Å²) in [6, 6.07) is 0. The largest absolute Gasteiger partial charge is 0.481 e. The number of nitrogens with zero attached hydrogens (tertiary/aromatic N) is 1. The molecule has 0 aliphatic heterocycles. The molecule has 6 heteroatoms. The molecule has 0 fully saturated rings. The Labute approximate surface area is 96.9 Å². The van der Waals surface area contributed by atoms with E-state index in [4.69, 9.17) is 4.74 Å². The first-order chi connectivity index (χ1) is 6.61. The average molecular weight is 331 g/mol. The summed E-state index contributed by atoms with van der Waals surface area (Å²) in [6.07, 6.45) is -1.12. The molecule has 0 aromatic carbocycles. The lowest BCUT2D eigenvalue weighted by Crippen LogP contribution is -1.99. The summed E-state index contributed by atoms with van der Waals surface area (Å²) in [5.74, 6) is -0.0448. The number of ether oxygens (including phenoxy) is 1. The summed E-state index contributed by atoms with van der Waals surface area (Å²) in [5.41, 5.74) is 0.463. The SMILES string of the molecule is COc1ncc(CBr)c(Br)c1C(F)F. The lowest BCUT2D eigenvalue weighted by atomic mass is 10.2. The molecule has 1 aromatic heterocycles. The maximum absolute atomic E-state index is 12.6. The number of hydrogen-bond acceptors (Lipinski definition) is 2. The van der Waals surface area contributed by atoms with Crippen molar-refractivity contribution in [3.8, 4) is 5.88 Å². The van der Waals surface area contributed by atoms with Gasteiger partial charge in [0.05, 0.1) is 12.7 Å². The summed E-state index contributed by atoms with van der Waals surface area (Å²) in [6.45, 7) is 0. The first-order valence-electron chi connectivity index (χ1n) is 3.67. The van der Waals surface area contributed by atoms with Crippen LogP contribution in [0.25, 0.3) is 0 Å². The predicted octanol–water partition coefficient (Wildman–Crippen LogP) is 3.69. The van der Waals surface area contributed by atoms with Crippen LogP contribution in [0.15, 0.2) is 10.7 Å². The van der Waals surface area contributed by atoms with Crippen LogP contribution in [-0.4, -0.2) is 12.1 Å². The van der Waals surface area contributed by atoms with Crippen LogP contribution in [0.5, 0.6) is 5.88 Å². The zero-order chi connectivity index (χ0) is 10.7. The standard InChI is InChI=1S/C8H7Br2F2NO/c1-14-8-5(7(11)12)6(10)4(2-9)3-13-8/h3,7H,2H2,1H3. The van der Waals surface area contributed by atoms with E-state index in [-0.39, 0.29) is 11.4 Å². The van der Waals surface area contributed by atoms with Gasteiger partial charge >= 0.3 is 0 Å². The lowest BCUT2D eigenvalue weighted by Gasteiger charge is -2.10. The van der Waals surface area contributed by atoms with E-state index < -0.39 is 6.43 Å². The van der Waals surface area contributed by atoms with Crippen molar-refractivity contribution in [3.63, 3.8) is 0 Å². The van der Waals surface area contributed by atoms with Gasteiger partial charge in [-0.05, 0) is 21.5 Å². The highest BCUT2D eigenvalue weighted by molar-refractivity contribution is 9.10. The zero-order valence-corrected chi connectivity index (χ0v) is 10.4. The van der Waals surface area contributed by atoms with Gasteiger partial charge in [0, 0.05) is 16.0 Å². The fraction of sp³-hybridized carbons (Fsp3) is 0.375. The van der Waals surface area contributed by atoms with Gasteiger partial charge in [-0.1, -0.05) is 15.9 Å². The number of pyridine rings is 1. The molecule has 0 atom stereocenters. The quantitative estimate of drug-likeness (QED) is 0.789. The third kappa shape index (κ3) is 2.23. The van der Waals surface area contributed by atoms with E-state index in [0.717, 1.165) is 0 Å². The minimum Gasteiger partial charge on any atom is -0.481 e. The highest BCUT2D eigenvalue weighted by atomic mass is 79.9. The molecule has 0 saturated heterocycles. The first kappa shape index (κ1) is 11.8. The smallest absolute Gasteiger partial charge is 0.270 e. The minimum atomic E-state index is -2.61. The van der Waals surface area contributed by atoms with Gasteiger partial charge in [-0.15, -0.1) is 0 Å². The molecule has 0 radical (unpaired) electrons.